The first-order valence-electron chi connectivity index (χ1n) is 8.00. The number of hydrogen-bond donors (Lipinski definition) is 1. The van der Waals surface area contributed by atoms with E-state index in [-0.39, 0.29) is 28.4 Å². The Bertz CT molecular complexity index is 1220. The first-order chi connectivity index (χ1) is 13.7. The zero-order chi connectivity index (χ0) is 20.8. The molecule has 0 fully saturated rings. The third kappa shape index (κ3) is 3.42. The van der Waals surface area contributed by atoms with Crippen molar-refractivity contribution in [3.8, 4) is 11.5 Å². The summed E-state index contributed by atoms with van der Waals surface area (Å²) < 4.78 is 72.4. The highest BCUT2D eigenvalue weighted by Crippen LogP contribution is 2.33. The maximum absolute atomic E-state index is 13.5. The van der Waals surface area contributed by atoms with Crippen LogP contribution in [0.4, 0.5) is 27.6 Å². The van der Waals surface area contributed by atoms with E-state index in [4.69, 9.17) is 4.42 Å². The van der Waals surface area contributed by atoms with Gasteiger partial charge in [-0.1, -0.05) is 0 Å². The summed E-state index contributed by atoms with van der Waals surface area (Å²) in [5, 5.41) is 5.88. The molecule has 4 aromatic rings. The second kappa shape index (κ2) is 6.69. The van der Waals surface area contributed by atoms with E-state index in [0.29, 0.717) is 4.52 Å². The van der Waals surface area contributed by atoms with E-state index in [0.717, 1.165) is 30.5 Å². The molecule has 1 N–H and O–H groups in total. The standard InChI is InChI=1S/C18H9F5N4O2/c19-11-4-3-9(6-12(11)20)25-17(28)10-8-24-27-15(18(21,22)23)7-13(26-16(10)27)14-2-1-5-29-14/h1-8H,(H,25,28). The molecule has 29 heavy (non-hydrogen) atoms. The first-order valence-corrected chi connectivity index (χ1v) is 8.00. The first kappa shape index (κ1) is 18.6. The number of anilines is 1. The van der Waals surface area contributed by atoms with E-state index < -0.39 is 29.4 Å². The summed E-state index contributed by atoms with van der Waals surface area (Å²) in [6.07, 6.45) is -2.62. The van der Waals surface area contributed by atoms with Crippen molar-refractivity contribution in [3.63, 3.8) is 0 Å². The molecule has 0 saturated carbocycles. The van der Waals surface area contributed by atoms with Gasteiger partial charge in [0.05, 0.1) is 12.5 Å². The molecule has 0 unspecified atom stereocenters. The largest absolute Gasteiger partial charge is 0.463 e. The molecule has 148 valence electrons. The van der Waals surface area contributed by atoms with E-state index in [9.17, 15) is 26.7 Å². The zero-order valence-corrected chi connectivity index (χ0v) is 14.2. The number of alkyl halides is 3. The molecule has 1 aromatic carbocycles. The van der Waals surface area contributed by atoms with Crippen molar-refractivity contribution >= 4 is 17.2 Å². The molecule has 0 radical (unpaired) electrons. The Morgan fingerprint density at radius 3 is 2.55 bits per heavy atom. The average molecular weight is 408 g/mol. The number of fused-ring (bicyclic) bond motifs is 1. The number of carbonyl (C=O) groups excluding carboxylic acids is 1. The molecular weight excluding hydrogens is 399 g/mol. The van der Waals surface area contributed by atoms with Crippen LogP contribution in [-0.4, -0.2) is 20.5 Å². The van der Waals surface area contributed by atoms with E-state index >= 15 is 0 Å². The number of nitrogens with zero attached hydrogens (tertiary/aromatic N) is 3. The minimum Gasteiger partial charge on any atom is -0.463 e. The van der Waals surface area contributed by atoms with Gasteiger partial charge in [0, 0.05) is 11.8 Å². The average Bonchev–Trinajstić information content (AvgIpc) is 3.32. The number of nitrogens with one attached hydrogen (secondary N) is 1. The van der Waals surface area contributed by atoms with Gasteiger partial charge in [0.15, 0.2) is 28.7 Å². The molecule has 6 nitrogen and oxygen atoms in total. The Morgan fingerprint density at radius 1 is 1.10 bits per heavy atom. The van der Waals surface area contributed by atoms with Crippen molar-refractivity contribution in [1.29, 1.82) is 0 Å². The quantitative estimate of drug-likeness (QED) is 0.506. The SMILES string of the molecule is O=C(Nc1ccc(F)c(F)c1)c1cnn2c(C(F)(F)F)cc(-c3ccco3)nc12. The van der Waals surface area contributed by atoms with Gasteiger partial charge in [-0.15, -0.1) is 0 Å². The van der Waals surface area contributed by atoms with Gasteiger partial charge in [0.2, 0.25) is 0 Å². The van der Waals surface area contributed by atoms with Gasteiger partial charge in [-0.25, -0.2) is 18.3 Å². The van der Waals surface area contributed by atoms with Crippen LogP contribution in [0.2, 0.25) is 0 Å². The highest BCUT2D eigenvalue weighted by Gasteiger charge is 2.36. The number of rotatable bonds is 3. The van der Waals surface area contributed by atoms with Crippen LogP contribution >= 0.6 is 0 Å². The fraction of sp³-hybridized carbons (Fsp3) is 0.0556. The molecule has 0 aliphatic rings. The van der Waals surface area contributed by atoms with Crippen LogP contribution in [0.25, 0.3) is 17.1 Å². The summed E-state index contributed by atoms with van der Waals surface area (Å²) in [7, 11) is 0. The predicted octanol–water partition coefficient (Wildman–Crippen LogP) is 4.54. The smallest absolute Gasteiger partial charge is 0.433 e. The molecule has 0 aliphatic carbocycles. The Morgan fingerprint density at radius 2 is 1.90 bits per heavy atom. The van der Waals surface area contributed by atoms with Gasteiger partial charge in [-0.2, -0.15) is 18.3 Å². The van der Waals surface area contributed by atoms with E-state index in [2.05, 4.69) is 15.4 Å². The third-order valence-corrected chi connectivity index (χ3v) is 3.96. The van der Waals surface area contributed by atoms with Crippen LogP contribution in [0, 0.1) is 11.6 Å². The van der Waals surface area contributed by atoms with Gasteiger partial charge < -0.3 is 9.73 Å². The van der Waals surface area contributed by atoms with Crippen LogP contribution in [0.1, 0.15) is 16.1 Å². The van der Waals surface area contributed by atoms with Crippen LogP contribution in [-0.2, 0) is 6.18 Å². The lowest BCUT2D eigenvalue weighted by molar-refractivity contribution is -0.142. The fourth-order valence-corrected chi connectivity index (χ4v) is 2.65. The lowest BCUT2D eigenvalue weighted by Crippen LogP contribution is -2.16. The zero-order valence-electron chi connectivity index (χ0n) is 14.2. The van der Waals surface area contributed by atoms with Gasteiger partial charge in [-0.05, 0) is 30.3 Å². The fourth-order valence-electron chi connectivity index (χ4n) is 2.65. The summed E-state index contributed by atoms with van der Waals surface area (Å²) in [5.74, 6) is -3.15. The van der Waals surface area contributed by atoms with E-state index in [1.807, 2.05) is 0 Å². The molecule has 4 rings (SSSR count). The van der Waals surface area contributed by atoms with Crippen LogP contribution < -0.4 is 5.32 Å². The summed E-state index contributed by atoms with van der Waals surface area (Å²) >= 11 is 0. The van der Waals surface area contributed by atoms with Crippen LogP contribution in [0.5, 0.6) is 0 Å². The maximum atomic E-state index is 13.5. The molecule has 0 bridgehead atoms. The molecule has 1 amide bonds. The summed E-state index contributed by atoms with van der Waals surface area (Å²) in [6.45, 7) is 0. The summed E-state index contributed by atoms with van der Waals surface area (Å²) in [4.78, 5) is 16.6. The van der Waals surface area contributed by atoms with Crippen molar-refractivity contribution in [2.45, 2.75) is 6.18 Å². The lowest BCUT2D eigenvalue weighted by Gasteiger charge is -2.10. The third-order valence-electron chi connectivity index (χ3n) is 3.96. The molecule has 0 aliphatic heterocycles. The van der Waals surface area contributed by atoms with Crippen molar-refractivity contribution < 1.29 is 31.2 Å². The van der Waals surface area contributed by atoms with Gasteiger partial charge in [0.25, 0.3) is 5.91 Å². The molecule has 11 heteroatoms. The molecule has 3 aromatic heterocycles. The number of amides is 1. The number of hydrogen-bond acceptors (Lipinski definition) is 4. The maximum Gasteiger partial charge on any atom is 0.433 e. The van der Waals surface area contributed by atoms with Crippen molar-refractivity contribution in [1.82, 2.24) is 14.6 Å². The normalized spacial score (nSPS) is 11.8. The second-order valence-electron chi connectivity index (χ2n) is 5.88. The molecule has 0 saturated heterocycles. The highest BCUT2D eigenvalue weighted by atomic mass is 19.4. The monoisotopic (exact) mass is 408 g/mol. The number of benzene rings is 1. The van der Waals surface area contributed by atoms with E-state index in [1.54, 1.807) is 0 Å². The molecule has 0 spiro atoms. The molecule has 3 heterocycles. The van der Waals surface area contributed by atoms with Crippen LogP contribution in [0.3, 0.4) is 0 Å². The molecular formula is C18H9F5N4O2. The van der Waals surface area contributed by atoms with Crippen molar-refractivity contribution in [2.24, 2.45) is 0 Å². The lowest BCUT2D eigenvalue weighted by atomic mass is 10.2. The Kier molecular flexibility index (Phi) is 4.29. The summed E-state index contributed by atoms with van der Waals surface area (Å²) in [5.41, 5.74) is -2.09. The van der Waals surface area contributed by atoms with E-state index in [1.165, 1.54) is 18.4 Å². The Balaban J connectivity index is 1.81. The van der Waals surface area contributed by atoms with Gasteiger partial charge in [0.1, 0.15) is 11.3 Å². The minimum atomic E-state index is -4.79. The number of furan rings is 1. The molecule has 0 atom stereocenters. The topological polar surface area (TPSA) is 72.4 Å². The van der Waals surface area contributed by atoms with Crippen molar-refractivity contribution in [3.05, 3.63) is 71.8 Å². The predicted molar refractivity (Wildman–Crippen MR) is 90.0 cm³/mol. The highest BCUT2D eigenvalue weighted by molar-refractivity contribution is 6.08. The number of aromatic nitrogens is 3. The summed E-state index contributed by atoms with van der Waals surface area (Å²) in [6, 6.07) is 6.27. The minimum absolute atomic E-state index is 0.0613. The van der Waals surface area contributed by atoms with Crippen molar-refractivity contribution in [2.75, 3.05) is 5.32 Å². The Labute approximate surface area is 158 Å². The Hall–Kier alpha value is -3.76. The second-order valence-corrected chi connectivity index (χ2v) is 5.88. The van der Waals surface area contributed by atoms with Gasteiger partial charge >= 0.3 is 6.18 Å². The van der Waals surface area contributed by atoms with Crippen LogP contribution in [0.15, 0.2) is 53.3 Å². The van der Waals surface area contributed by atoms with Gasteiger partial charge in [-0.3, -0.25) is 4.79 Å². The number of halogens is 5. The number of carbonyl (C=O) groups is 1.